The Morgan fingerprint density at radius 3 is 2.22 bits per heavy atom. The van der Waals surface area contributed by atoms with Gasteiger partial charge in [-0.2, -0.15) is 0 Å². The third-order valence-electron chi connectivity index (χ3n) is 5.12. The minimum absolute atomic E-state index is 0.285. The quantitative estimate of drug-likeness (QED) is 0.482. The van der Waals surface area contributed by atoms with Crippen LogP contribution < -0.4 is 16.1 Å². The van der Waals surface area contributed by atoms with E-state index in [1.807, 2.05) is 12.1 Å². The van der Waals surface area contributed by atoms with Crippen molar-refractivity contribution in [1.29, 1.82) is 0 Å². The number of carbonyl (C=O) groups excluding carboxylic acids is 2. The van der Waals surface area contributed by atoms with Gasteiger partial charge in [0.1, 0.15) is 5.54 Å². The van der Waals surface area contributed by atoms with Crippen molar-refractivity contribution in [1.82, 2.24) is 16.1 Å². The molecule has 2 aromatic rings. The molecule has 3 rings (SSSR count). The third kappa shape index (κ3) is 4.18. The summed E-state index contributed by atoms with van der Waals surface area (Å²) in [5, 5.41) is 15.0. The second kappa shape index (κ2) is 8.33. The van der Waals surface area contributed by atoms with Crippen LogP contribution in [0.15, 0.2) is 48.5 Å². The van der Waals surface area contributed by atoms with E-state index < -0.39 is 11.4 Å². The first-order valence-electron chi connectivity index (χ1n) is 9.25. The summed E-state index contributed by atoms with van der Waals surface area (Å²) in [5.41, 5.74) is 4.41. The number of benzene rings is 2. The van der Waals surface area contributed by atoms with Gasteiger partial charge in [0.15, 0.2) is 0 Å². The highest BCUT2D eigenvalue weighted by molar-refractivity contribution is 5.99. The Balaban J connectivity index is 1.75. The summed E-state index contributed by atoms with van der Waals surface area (Å²) in [7, 11) is 0. The third-order valence-corrected chi connectivity index (χ3v) is 5.12. The van der Waals surface area contributed by atoms with E-state index in [0.717, 1.165) is 30.5 Å². The highest BCUT2D eigenvalue weighted by Gasteiger charge is 2.41. The molecule has 0 unspecified atom stereocenters. The van der Waals surface area contributed by atoms with Crippen LogP contribution in [0.4, 0.5) is 0 Å². The molecule has 0 aromatic heterocycles. The summed E-state index contributed by atoms with van der Waals surface area (Å²) < 4.78 is 0. The molecule has 0 aliphatic carbocycles. The Hall–Kier alpha value is -2.70. The molecular formula is C21H25N3O3. The van der Waals surface area contributed by atoms with Crippen LogP contribution in [0.1, 0.15) is 35.7 Å². The van der Waals surface area contributed by atoms with Gasteiger partial charge in [-0.05, 0) is 54.6 Å². The van der Waals surface area contributed by atoms with Crippen molar-refractivity contribution in [3.8, 4) is 11.1 Å². The molecule has 142 valence electrons. The number of rotatable bonds is 5. The molecule has 2 aromatic carbocycles. The lowest BCUT2D eigenvalue weighted by atomic mass is 9.88. The predicted molar refractivity (Wildman–Crippen MR) is 103 cm³/mol. The van der Waals surface area contributed by atoms with Gasteiger partial charge in [-0.1, -0.05) is 43.3 Å². The molecule has 6 nitrogen and oxygen atoms in total. The molecule has 1 heterocycles. The van der Waals surface area contributed by atoms with Crippen LogP contribution in [0.25, 0.3) is 11.1 Å². The summed E-state index contributed by atoms with van der Waals surface area (Å²) in [5.74, 6) is -0.939. The lowest BCUT2D eigenvalue weighted by Crippen LogP contribution is -2.65. The van der Waals surface area contributed by atoms with Crippen LogP contribution in [0.2, 0.25) is 0 Å². The average Bonchev–Trinajstić information content (AvgIpc) is 2.74. The molecule has 0 radical (unpaired) electrons. The standard InChI is InChI=1S/C21H25N3O3/c1-2-15-4-6-16(7-5-15)17-8-10-18(11-9-17)19(25)23-21(20(26)24-27)12-3-13-22-14-21/h4-11,22,27H,2-3,12-14H2,1H3,(H,23,25)(H,24,26)/t21-/m1/s1. The van der Waals surface area contributed by atoms with E-state index in [2.05, 4.69) is 41.8 Å². The van der Waals surface area contributed by atoms with Crippen molar-refractivity contribution in [3.63, 3.8) is 0 Å². The normalized spacial score (nSPS) is 19.3. The number of carbonyl (C=O) groups is 2. The molecular weight excluding hydrogens is 342 g/mol. The Morgan fingerprint density at radius 2 is 1.70 bits per heavy atom. The fraction of sp³-hybridized carbons (Fsp3) is 0.333. The maximum absolute atomic E-state index is 12.7. The van der Waals surface area contributed by atoms with Gasteiger partial charge in [-0.3, -0.25) is 14.8 Å². The minimum atomic E-state index is -1.14. The largest absolute Gasteiger partial charge is 0.336 e. The zero-order valence-electron chi connectivity index (χ0n) is 15.4. The van der Waals surface area contributed by atoms with E-state index in [1.54, 1.807) is 17.6 Å². The molecule has 27 heavy (non-hydrogen) atoms. The molecule has 2 amide bonds. The monoisotopic (exact) mass is 367 g/mol. The zero-order valence-corrected chi connectivity index (χ0v) is 15.4. The first kappa shape index (κ1) is 19.1. The van der Waals surface area contributed by atoms with Crippen molar-refractivity contribution in [2.24, 2.45) is 0 Å². The van der Waals surface area contributed by atoms with Crippen LogP contribution in [-0.2, 0) is 11.2 Å². The number of hydrogen-bond acceptors (Lipinski definition) is 4. The van der Waals surface area contributed by atoms with Crippen LogP contribution in [0.3, 0.4) is 0 Å². The smallest absolute Gasteiger partial charge is 0.270 e. The topological polar surface area (TPSA) is 90.5 Å². The summed E-state index contributed by atoms with van der Waals surface area (Å²) in [6.07, 6.45) is 2.21. The molecule has 1 aliphatic rings. The van der Waals surface area contributed by atoms with E-state index in [9.17, 15) is 9.59 Å². The Morgan fingerprint density at radius 1 is 1.07 bits per heavy atom. The minimum Gasteiger partial charge on any atom is -0.336 e. The van der Waals surface area contributed by atoms with Crippen LogP contribution in [0.5, 0.6) is 0 Å². The number of piperidine rings is 1. The van der Waals surface area contributed by atoms with Crippen LogP contribution in [0, 0.1) is 0 Å². The summed E-state index contributed by atoms with van der Waals surface area (Å²) in [6, 6.07) is 15.6. The summed E-state index contributed by atoms with van der Waals surface area (Å²) in [4.78, 5) is 24.8. The first-order chi connectivity index (χ1) is 13.1. The maximum Gasteiger partial charge on any atom is 0.270 e. The van der Waals surface area contributed by atoms with Crippen molar-refractivity contribution in [2.75, 3.05) is 13.1 Å². The number of nitrogens with one attached hydrogen (secondary N) is 3. The molecule has 4 N–H and O–H groups in total. The van der Waals surface area contributed by atoms with Crippen molar-refractivity contribution < 1.29 is 14.8 Å². The second-order valence-electron chi connectivity index (χ2n) is 6.89. The molecule has 6 heteroatoms. The second-order valence-corrected chi connectivity index (χ2v) is 6.89. The molecule has 0 bridgehead atoms. The zero-order chi connectivity index (χ0) is 19.3. The molecule has 1 saturated heterocycles. The fourth-order valence-corrected chi connectivity index (χ4v) is 3.41. The number of hydroxylamine groups is 1. The number of hydrogen-bond donors (Lipinski definition) is 4. The van der Waals surface area contributed by atoms with Crippen molar-refractivity contribution in [3.05, 3.63) is 59.7 Å². The Labute approximate surface area is 158 Å². The fourth-order valence-electron chi connectivity index (χ4n) is 3.41. The van der Waals surface area contributed by atoms with Gasteiger partial charge in [-0.25, -0.2) is 5.48 Å². The number of amides is 2. The Kier molecular flexibility index (Phi) is 5.88. The molecule has 0 saturated carbocycles. The highest BCUT2D eigenvalue weighted by atomic mass is 16.5. The lowest BCUT2D eigenvalue weighted by Gasteiger charge is -2.36. The first-order valence-corrected chi connectivity index (χ1v) is 9.25. The van der Waals surface area contributed by atoms with Gasteiger partial charge >= 0.3 is 0 Å². The number of aryl methyl sites for hydroxylation is 1. The van der Waals surface area contributed by atoms with Gasteiger partial charge in [0.2, 0.25) is 0 Å². The summed E-state index contributed by atoms with van der Waals surface area (Å²) >= 11 is 0. The van der Waals surface area contributed by atoms with Gasteiger partial charge < -0.3 is 10.6 Å². The van der Waals surface area contributed by atoms with Gasteiger partial charge in [-0.15, -0.1) is 0 Å². The van der Waals surface area contributed by atoms with Gasteiger partial charge in [0.05, 0.1) is 0 Å². The maximum atomic E-state index is 12.7. The van der Waals surface area contributed by atoms with Crippen molar-refractivity contribution >= 4 is 11.8 Å². The average molecular weight is 367 g/mol. The Bertz CT molecular complexity index is 794. The predicted octanol–water partition coefficient (Wildman–Crippen LogP) is 2.27. The van der Waals surface area contributed by atoms with E-state index >= 15 is 0 Å². The van der Waals surface area contributed by atoms with E-state index in [0.29, 0.717) is 12.0 Å². The van der Waals surface area contributed by atoms with Gasteiger partial charge in [0, 0.05) is 12.1 Å². The molecule has 1 fully saturated rings. The summed E-state index contributed by atoms with van der Waals surface area (Å²) in [6.45, 7) is 3.18. The van der Waals surface area contributed by atoms with Crippen LogP contribution in [-0.4, -0.2) is 35.7 Å². The SMILES string of the molecule is CCc1ccc(-c2ccc(C(=O)N[C@]3(C(=O)NO)CCCNC3)cc2)cc1. The van der Waals surface area contributed by atoms with Gasteiger partial charge in [0.25, 0.3) is 11.8 Å². The van der Waals surface area contributed by atoms with Crippen LogP contribution >= 0.6 is 0 Å². The molecule has 1 aliphatic heterocycles. The van der Waals surface area contributed by atoms with Crippen molar-refractivity contribution in [2.45, 2.75) is 31.7 Å². The highest BCUT2D eigenvalue weighted by Crippen LogP contribution is 2.22. The molecule has 0 spiro atoms. The van der Waals surface area contributed by atoms with E-state index in [-0.39, 0.29) is 12.5 Å². The van der Waals surface area contributed by atoms with E-state index in [4.69, 9.17) is 5.21 Å². The lowest BCUT2D eigenvalue weighted by molar-refractivity contribution is -0.136. The van der Waals surface area contributed by atoms with E-state index in [1.165, 1.54) is 5.56 Å². The molecule has 1 atom stereocenters.